The highest BCUT2D eigenvalue weighted by Crippen LogP contribution is 2.14. The second kappa shape index (κ2) is 7.67. The van der Waals surface area contributed by atoms with E-state index in [0.29, 0.717) is 5.69 Å². The van der Waals surface area contributed by atoms with E-state index in [9.17, 15) is 4.79 Å². The molecular formula is C18H19N5OS2. The molecule has 0 radical (unpaired) electrons. The first-order valence-electron chi connectivity index (χ1n) is 7.97. The molecule has 0 atom stereocenters. The maximum Gasteiger partial charge on any atom is 0.295 e. The predicted molar refractivity (Wildman–Crippen MR) is 112 cm³/mol. The molecule has 0 saturated heterocycles. The lowest BCUT2D eigenvalue weighted by Crippen LogP contribution is -2.28. The van der Waals surface area contributed by atoms with Crippen LogP contribution in [0.15, 0.2) is 51.7 Å². The van der Waals surface area contributed by atoms with Gasteiger partial charge in [-0.2, -0.15) is 5.10 Å². The standard InChI is InChI=1S/C18H19N5OS2/c1-12-9-10-26-15(12)11-19-21-18(25)20-16-13(2)22(3)23(17(16)24)14-7-5-4-6-8-14/h4-11H,1-3H3,(H2,20,21,25)/b19-11-. The second-order valence-electron chi connectivity index (χ2n) is 5.73. The van der Waals surface area contributed by atoms with E-state index >= 15 is 0 Å². The van der Waals surface area contributed by atoms with Gasteiger partial charge in [-0.3, -0.25) is 14.9 Å². The molecule has 134 valence electrons. The summed E-state index contributed by atoms with van der Waals surface area (Å²) in [5.74, 6) is 0. The molecule has 2 aromatic heterocycles. The Morgan fingerprint density at radius 2 is 1.96 bits per heavy atom. The van der Waals surface area contributed by atoms with Crippen molar-refractivity contribution in [1.29, 1.82) is 0 Å². The summed E-state index contributed by atoms with van der Waals surface area (Å²) in [4.78, 5) is 13.9. The molecule has 0 aliphatic heterocycles. The van der Waals surface area contributed by atoms with Crippen molar-refractivity contribution in [1.82, 2.24) is 14.8 Å². The summed E-state index contributed by atoms with van der Waals surface area (Å²) >= 11 is 6.87. The summed E-state index contributed by atoms with van der Waals surface area (Å²) in [6.45, 7) is 3.89. The number of hydrogen-bond acceptors (Lipinski definition) is 4. The van der Waals surface area contributed by atoms with E-state index in [1.807, 2.05) is 62.7 Å². The van der Waals surface area contributed by atoms with Crippen molar-refractivity contribution in [2.75, 3.05) is 5.32 Å². The highest BCUT2D eigenvalue weighted by atomic mass is 32.1. The normalized spacial score (nSPS) is 11.0. The molecule has 0 aliphatic carbocycles. The van der Waals surface area contributed by atoms with E-state index in [2.05, 4.69) is 15.8 Å². The molecule has 6 nitrogen and oxygen atoms in total. The molecule has 0 aliphatic rings. The van der Waals surface area contributed by atoms with E-state index in [0.717, 1.165) is 21.8 Å². The van der Waals surface area contributed by atoms with Gasteiger partial charge in [-0.1, -0.05) is 18.2 Å². The van der Waals surface area contributed by atoms with Crippen LogP contribution in [0, 0.1) is 13.8 Å². The fourth-order valence-corrected chi connectivity index (χ4v) is 3.46. The molecule has 1 aromatic carbocycles. The minimum Gasteiger partial charge on any atom is -0.325 e. The monoisotopic (exact) mass is 385 g/mol. The smallest absolute Gasteiger partial charge is 0.295 e. The minimum absolute atomic E-state index is 0.168. The number of rotatable bonds is 4. The molecule has 0 amide bonds. The zero-order valence-corrected chi connectivity index (χ0v) is 16.3. The fraction of sp³-hybridized carbons (Fsp3) is 0.167. The number of thiophene rings is 1. The molecule has 26 heavy (non-hydrogen) atoms. The van der Waals surface area contributed by atoms with Crippen LogP contribution >= 0.6 is 23.6 Å². The van der Waals surface area contributed by atoms with E-state index in [1.54, 1.807) is 26.9 Å². The van der Waals surface area contributed by atoms with Gasteiger partial charge in [0.05, 0.1) is 17.6 Å². The van der Waals surface area contributed by atoms with Crippen molar-refractivity contribution >= 4 is 40.6 Å². The lowest BCUT2D eigenvalue weighted by atomic mass is 10.3. The highest BCUT2D eigenvalue weighted by Gasteiger charge is 2.16. The van der Waals surface area contributed by atoms with Gasteiger partial charge in [0.25, 0.3) is 5.56 Å². The molecule has 0 bridgehead atoms. The predicted octanol–water partition coefficient (Wildman–Crippen LogP) is 3.17. The summed E-state index contributed by atoms with van der Waals surface area (Å²) in [5, 5.41) is 9.37. The zero-order chi connectivity index (χ0) is 18.7. The van der Waals surface area contributed by atoms with Crippen LogP contribution in [0.5, 0.6) is 0 Å². The average Bonchev–Trinajstić information content (AvgIpc) is 3.12. The molecule has 2 N–H and O–H groups in total. The van der Waals surface area contributed by atoms with Crippen LogP contribution in [0.4, 0.5) is 5.69 Å². The highest BCUT2D eigenvalue weighted by molar-refractivity contribution is 7.80. The Kier molecular flexibility index (Phi) is 5.34. The van der Waals surface area contributed by atoms with Crippen LogP contribution in [0.1, 0.15) is 16.1 Å². The van der Waals surface area contributed by atoms with Crippen molar-refractivity contribution in [3.05, 3.63) is 68.3 Å². The molecule has 8 heteroatoms. The van der Waals surface area contributed by atoms with Crippen LogP contribution in [-0.4, -0.2) is 20.7 Å². The van der Waals surface area contributed by atoms with Gasteiger partial charge in [0.15, 0.2) is 5.11 Å². The van der Waals surface area contributed by atoms with Gasteiger partial charge in [0, 0.05) is 11.9 Å². The summed E-state index contributed by atoms with van der Waals surface area (Å²) in [6, 6.07) is 11.5. The first kappa shape index (κ1) is 18.1. The third kappa shape index (κ3) is 3.61. The largest absolute Gasteiger partial charge is 0.325 e. The van der Waals surface area contributed by atoms with Gasteiger partial charge in [-0.05, 0) is 55.2 Å². The first-order valence-corrected chi connectivity index (χ1v) is 9.26. The Hall–Kier alpha value is -2.71. The van der Waals surface area contributed by atoms with Crippen molar-refractivity contribution < 1.29 is 0 Å². The number of aromatic nitrogens is 2. The number of anilines is 1. The lowest BCUT2D eigenvalue weighted by molar-refractivity contribution is 0.630. The zero-order valence-electron chi connectivity index (χ0n) is 14.7. The van der Waals surface area contributed by atoms with E-state index in [1.165, 1.54) is 0 Å². The SMILES string of the molecule is Cc1ccsc1/C=N\NC(=S)Nc1c(C)n(C)n(-c2ccccc2)c1=O. The average molecular weight is 386 g/mol. The molecule has 0 fully saturated rings. The third-order valence-electron chi connectivity index (χ3n) is 4.04. The van der Waals surface area contributed by atoms with Gasteiger partial charge in [0.2, 0.25) is 0 Å². The van der Waals surface area contributed by atoms with E-state index < -0.39 is 0 Å². The van der Waals surface area contributed by atoms with Crippen LogP contribution < -0.4 is 16.3 Å². The van der Waals surface area contributed by atoms with Crippen molar-refractivity contribution in [2.45, 2.75) is 13.8 Å². The van der Waals surface area contributed by atoms with Gasteiger partial charge < -0.3 is 5.32 Å². The first-order chi connectivity index (χ1) is 12.5. The lowest BCUT2D eigenvalue weighted by Gasteiger charge is -2.07. The number of hydrogen-bond donors (Lipinski definition) is 2. The van der Waals surface area contributed by atoms with Gasteiger partial charge in [0.1, 0.15) is 5.69 Å². The Balaban J connectivity index is 1.78. The Bertz CT molecular complexity index is 1010. The molecule has 2 heterocycles. The fourth-order valence-electron chi connectivity index (χ4n) is 2.52. The number of nitrogens with zero attached hydrogens (tertiary/aromatic N) is 3. The summed E-state index contributed by atoms with van der Waals surface area (Å²) in [7, 11) is 1.84. The number of benzene rings is 1. The van der Waals surface area contributed by atoms with Crippen LogP contribution in [0.25, 0.3) is 5.69 Å². The Labute approximate surface area is 160 Å². The maximum absolute atomic E-state index is 12.8. The molecule has 0 spiro atoms. The topological polar surface area (TPSA) is 63.4 Å². The molecule has 0 unspecified atom stereocenters. The summed E-state index contributed by atoms with van der Waals surface area (Å²) < 4.78 is 3.39. The number of aryl methyl sites for hydroxylation is 1. The quantitative estimate of drug-likeness (QED) is 0.411. The van der Waals surface area contributed by atoms with Gasteiger partial charge >= 0.3 is 0 Å². The number of hydrazone groups is 1. The second-order valence-corrected chi connectivity index (χ2v) is 7.08. The molecular weight excluding hydrogens is 366 g/mol. The van der Waals surface area contributed by atoms with E-state index in [4.69, 9.17) is 12.2 Å². The van der Waals surface area contributed by atoms with Crippen molar-refractivity contribution in [3.8, 4) is 5.69 Å². The molecule has 0 saturated carbocycles. The Morgan fingerprint density at radius 3 is 2.62 bits per heavy atom. The van der Waals surface area contributed by atoms with Crippen LogP contribution in [0.3, 0.4) is 0 Å². The maximum atomic E-state index is 12.8. The van der Waals surface area contributed by atoms with E-state index in [-0.39, 0.29) is 10.7 Å². The number of para-hydroxylation sites is 1. The minimum atomic E-state index is -0.168. The van der Waals surface area contributed by atoms with Crippen molar-refractivity contribution in [3.63, 3.8) is 0 Å². The molecule has 3 rings (SSSR count). The van der Waals surface area contributed by atoms with Crippen LogP contribution in [0.2, 0.25) is 0 Å². The van der Waals surface area contributed by atoms with Gasteiger partial charge in [-0.25, -0.2) is 4.68 Å². The van der Waals surface area contributed by atoms with Crippen molar-refractivity contribution in [2.24, 2.45) is 12.1 Å². The van der Waals surface area contributed by atoms with Gasteiger partial charge in [-0.15, -0.1) is 11.3 Å². The third-order valence-corrected chi connectivity index (χ3v) is 5.19. The Morgan fingerprint density at radius 1 is 1.23 bits per heavy atom. The number of thiocarbonyl (C=S) groups is 1. The summed E-state index contributed by atoms with van der Waals surface area (Å²) in [6.07, 6.45) is 1.72. The summed E-state index contributed by atoms with van der Waals surface area (Å²) in [5.41, 5.74) is 5.75. The van der Waals surface area contributed by atoms with Crippen LogP contribution in [-0.2, 0) is 7.05 Å². The number of nitrogens with one attached hydrogen (secondary N) is 2. The molecule has 3 aromatic rings.